The quantitative estimate of drug-likeness (QED) is 0.596. The van der Waals surface area contributed by atoms with Gasteiger partial charge >= 0.3 is 0 Å². The number of rotatable bonds is 3. The molecular formula is C8H19NO. The summed E-state index contributed by atoms with van der Waals surface area (Å²) in [4.78, 5) is 0. The lowest BCUT2D eigenvalue weighted by Gasteiger charge is -2.36. The normalized spacial score (nSPS) is 13.2. The third-order valence-electron chi connectivity index (χ3n) is 2.64. The van der Waals surface area contributed by atoms with Gasteiger partial charge in [0.1, 0.15) is 0 Å². The van der Waals surface area contributed by atoms with Crippen LogP contribution in [-0.4, -0.2) is 10.7 Å². The van der Waals surface area contributed by atoms with Crippen molar-refractivity contribution < 1.29 is 5.21 Å². The first-order valence-corrected chi connectivity index (χ1v) is 3.86. The predicted molar refractivity (Wildman–Crippen MR) is 43.0 cm³/mol. The Bertz CT molecular complexity index is 91.4. The second-order valence-corrected chi connectivity index (χ2v) is 3.70. The summed E-state index contributed by atoms with van der Waals surface area (Å²) < 4.78 is 0. The minimum Gasteiger partial charge on any atom is -0.316 e. The van der Waals surface area contributed by atoms with E-state index in [9.17, 15) is 0 Å². The van der Waals surface area contributed by atoms with Gasteiger partial charge in [0.15, 0.2) is 0 Å². The van der Waals surface area contributed by atoms with E-state index in [1.54, 1.807) is 0 Å². The van der Waals surface area contributed by atoms with E-state index in [-0.39, 0.29) is 5.54 Å². The molecule has 0 unspecified atom stereocenters. The first-order valence-electron chi connectivity index (χ1n) is 3.86. The van der Waals surface area contributed by atoms with Crippen molar-refractivity contribution in [3.05, 3.63) is 0 Å². The lowest BCUT2D eigenvalue weighted by atomic mass is 9.79. The van der Waals surface area contributed by atoms with Gasteiger partial charge in [0.2, 0.25) is 0 Å². The molecule has 0 saturated heterocycles. The van der Waals surface area contributed by atoms with Crippen LogP contribution in [0.3, 0.4) is 0 Å². The third kappa shape index (κ3) is 1.70. The fraction of sp³-hybridized carbons (Fsp3) is 1.00. The fourth-order valence-corrected chi connectivity index (χ4v) is 0.925. The molecule has 0 radical (unpaired) electrons. The molecule has 0 heterocycles. The van der Waals surface area contributed by atoms with Crippen LogP contribution in [0.1, 0.15) is 34.6 Å². The van der Waals surface area contributed by atoms with Crippen LogP contribution in [0.5, 0.6) is 0 Å². The molecule has 0 aliphatic rings. The second kappa shape index (κ2) is 3.35. The molecule has 2 nitrogen and oxygen atoms in total. The van der Waals surface area contributed by atoms with E-state index in [2.05, 4.69) is 33.2 Å². The summed E-state index contributed by atoms with van der Waals surface area (Å²) in [5.74, 6) is 0.884. The minimum absolute atomic E-state index is 0.153. The molecule has 62 valence electrons. The monoisotopic (exact) mass is 145 g/mol. The van der Waals surface area contributed by atoms with Gasteiger partial charge in [-0.1, -0.05) is 27.7 Å². The molecule has 0 saturated carbocycles. The Hall–Kier alpha value is -0.0800. The lowest BCUT2D eigenvalue weighted by Crippen LogP contribution is -2.49. The summed E-state index contributed by atoms with van der Waals surface area (Å²) in [6, 6.07) is 0. The summed E-state index contributed by atoms with van der Waals surface area (Å²) in [5, 5.41) is 8.88. The predicted octanol–water partition coefficient (Wildman–Crippen LogP) is 2.04. The first-order chi connectivity index (χ1) is 4.45. The van der Waals surface area contributed by atoms with E-state index in [1.165, 1.54) is 0 Å². The van der Waals surface area contributed by atoms with Crippen LogP contribution in [0.4, 0.5) is 0 Å². The number of hydroxylamine groups is 1. The van der Waals surface area contributed by atoms with Gasteiger partial charge in [-0.3, -0.25) is 0 Å². The molecular weight excluding hydrogens is 126 g/mol. The molecule has 0 aromatic rings. The van der Waals surface area contributed by atoms with Crippen LogP contribution in [0.15, 0.2) is 0 Å². The molecule has 0 spiro atoms. The van der Waals surface area contributed by atoms with Crippen LogP contribution in [-0.2, 0) is 0 Å². The molecule has 0 fully saturated rings. The molecule has 0 amide bonds. The first kappa shape index (κ1) is 9.92. The van der Waals surface area contributed by atoms with Crippen LogP contribution >= 0.6 is 0 Å². The van der Waals surface area contributed by atoms with Gasteiger partial charge in [0, 0.05) is 5.54 Å². The zero-order valence-corrected chi connectivity index (χ0v) is 7.60. The summed E-state index contributed by atoms with van der Waals surface area (Å²) in [7, 11) is 0. The Balaban J connectivity index is 4.23. The van der Waals surface area contributed by atoms with Gasteiger partial charge in [-0.25, -0.2) is 0 Å². The molecule has 0 aromatic heterocycles. The van der Waals surface area contributed by atoms with E-state index < -0.39 is 0 Å². The molecule has 0 aliphatic carbocycles. The number of hydrogen-bond acceptors (Lipinski definition) is 2. The van der Waals surface area contributed by atoms with Gasteiger partial charge in [0.05, 0.1) is 0 Å². The largest absolute Gasteiger partial charge is 0.316 e. The van der Waals surface area contributed by atoms with Crippen molar-refractivity contribution >= 4 is 0 Å². The summed E-state index contributed by atoms with van der Waals surface area (Å²) in [5.41, 5.74) is 2.22. The molecule has 0 rings (SSSR count). The summed E-state index contributed by atoms with van der Waals surface area (Å²) >= 11 is 0. The Morgan fingerprint density at radius 1 is 1.10 bits per heavy atom. The number of hydrogen-bond donors (Lipinski definition) is 2. The zero-order valence-electron chi connectivity index (χ0n) is 7.60. The molecule has 2 N–H and O–H groups in total. The molecule has 10 heavy (non-hydrogen) atoms. The lowest BCUT2D eigenvalue weighted by molar-refractivity contribution is 0.0140. The minimum atomic E-state index is -0.153. The maximum Gasteiger partial charge on any atom is 0.0447 e. The van der Waals surface area contributed by atoms with E-state index in [4.69, 9.17) is 5.21 Å². The zero-order chi connectivity index (χ0) is 8.36. The maximum absolute atomic E-state index is 8.88. The van der Waals surface area contributed by atoms with Crippen LogP contribution in [0.25, 0.3) is 0 Å². The molecule has 0 atom stereocenters. The van der Waals surface area contributed by atoms with E-state index in [1.807, 2.05) is 6.92 Å². The highest BCUT2D eigenvalue weighted by atomic mass is 16.5. The highest BCUT2D eigenvalue weighted by molar-refractivity contribution is 4.85. The standard InChI is InChI=1S/C8H19NO/c1-6(2)8(5,9-10)7(3)4/h6-7,9-10H,1-5H3. The molecule has 0 bridgehead atoms. The van der Waals surface area contributed by atoms with Gasteiger partial charge in [0.25, 0.3) is 0 Å². The van der Waals surface area contributed by atoms with Crippen LogP contribution < -0.4 is 5.48 Å². The average Bonchev–Trinajstić information content (AvgIpc) is 1.85. The average molecular weight is 145 g/mol. The van der Waals surface area contributed by atoms with Gasteiger partial charge in [-0.2, -0.15) is 5.48 Å². The van der Waals surface area contributed by atoms with Crippen molar-refractivity contribution in [3.8, 4) is 0 Å². The van der Waals surface area contributed by atoms with E-state index in [0.29, 0.717) is 11.8 Å². The Labute approximate surface area is 63.6 Å². The van der Waals surface area contributed by atoms with Crippen LogP contribution in [0.2, 0.25) is 0 Å². The van der Waals surface area contributed by atoms with Gasteiger partial charge in [-0.15, -0.1) is 0 Å². The Kier molecular flexibility index (Phi) is 3.33. The highest BCUT2D eigenvalue weighted by Gasteiger charge is 2.30. The topological polar surface area (TPSA) is 32.3 Å². The summed E-state index contributed by atoms with van der Waals surface area (Å²) in [6.07, 6.45) is 0. The second-order valence-electron chi connectivity index (χ2n) is 3.70. The van der Waals surface area contributed by atoms with E-state index >= 15 is 0 Å². The van der Waals surface area contributed by atoms with Gasteiger partial charge < -0.3 is 5.21 Å². The molecule has 0 aliphatic heterocycles. The van der Waals surface area contributed by atoms with Crippen molar-refractivity contribution in [2.45, 2.75) is 40.2 Å². The summed E-state index contributed by atoms with van der Waals surface area (Å²) in [6.45, 7) is 10.4. The van der Waals surface area contributed by atoms with Crippen molar-refractivity contribution in [2.24, 2.45) is 11.8 Å². The van der Waals surface area contributed by atoms with Crippen LogP contribution in [0, 0.1) is 11.8 Å². The van der Waals surface area contributed by atoms with Crippen molar-refractivity contribution in [1.82, 2.24) is 5.48 Å². The Morgan fingerprint density at radius 2 is 1.40 bits per heavy atom. The fourth-order valence-electron chi connectivity index (χ4n) is 0.925. The molecule has 0 aromatic carbocycles. The van der Waals surface area contributed by atoms with Crippen molar-refractivity contribution in [2.75, 3.05) is 0 Å². The smallest absolute Gasteiger partial charge is 0.0447 e. The van der Waals surface area contributed by atoms with E-state index in [0.717, 1.165) is 0 Å². The van der Waals surface area contributed by atoms with Crippen molar-refractivity contribution in [3.63, 3.8) is 0 Å². The highest BCUT2D eigenvalue weighted by Crippen LogP contribution is 2.24. The van der Waals surface area contributed by atoms with Gasteiger partial charge in [-0.05, 0) is 18.8 Å². The molecule has 2 heteroatoms. The van der Waals surface area contributed by atoms with Crippen molar-refractivity contribution in [1.29, 1.82) is 0 Å². The maximum atomic E-state index is 8.88. The third-order valence-corrected chi connectivity index (χ3v) is 2.64. The number of nitrogens with one attached hydrogen (secondary N) is 1. The Morgan fingerprint density at radius 3 is 1.40 bits per heavy atom. The SMILES string of the molecule is CC(C)C(C)(NO)C(C)C.